The molecule has 1 aliphatic heterocycles. The van der Waals surface area contributed by atoms with Gasteiger partial charge >= 0.3 is 0 Å². The standard InChI is InChI=1S/C25H40N8/c1-16(2)33-12-11-20(14-33)27-22-29-23(31-24(30-22)32(8)15-25(5,6)7)28-21-13-19(18(4)26)10-9-17(21)3/h9-10,13,16,20H,4,11-12,14-15,26H2,1-3,5-8H3,(H2,27,28,29,30,31)/t20-/m0/s1. The maximum atomic E-state index is 5.91. The highest BCUT2D eigenvalue weighted by atomic mass is 15.3. The van der Waals surface area contributed by atoms with Gasteiger partial charge in [0.25, 0.3) is 0 Å². The molecule has 2 heterocycles. The molecule has 33 heavy (non-hydrogen) atoms. The number of aromatic nitrogens is 3. The lowest BCUT2D eigenvalue weighted by Gasteiger charge is -2.27. The van der Waals surface area contributed by atoms with E-state index >= 15 is 0 Å². The summed E-state index contributed by atoms with van der Waals surface area (Å²) < 4.78 is 0. The van der Waals surface area contributed by atoms with Crippen molar-refractivity contribution in [3.05, 3.63) is 35.9 Å². The molecular formula is C25H40N8. The van der Waals surface area contributed by atoms with Gasteiger partial charge in [-0.3, -0.25) is 4.90 Å². The van der Waals surface area contributed by atoms with Gasteiger partial charge in [0.1, 0.15) is 0 Å². The van der Waals surface area contributed by atoms with Crippen LogP contribution < -0.4 is 21.3 Å². The van der Waals surface area contributed by atoms with Gasteiger partial charge in [0.15, 0.2) is 0 Å². The Morgan fingerprint density at radius 2 is 1.94 bits per heavy atom. The van der Waals surface area contributed by atoms with E-state index in [2.05, 4.69) is 61.6 Å². The molecule has 0 unspecified atom stereocenters. The molecule has 0 bridgehead atoms. The molecule has 0 radical (unpaired) electrons. The molecule has 0 saturated carbocycles. The number of nitrogens with zero attached hydrogens (tertiary/aromatic N) is 5. The monoisotopic (exact) mass is 452 g/mol. The van der Waals surface area contributed by atoms with Crippen LogP contribution in [0.3, 0.4) is 0 Å². The molecule has 1 saturated heterocycles. The Morgan fingerprint density at radius 1 is 1.24 bits per heavy atom. The van der Waals surface area contributed by atoms with Crippen molar-refractivity contribution in [2.24, 2.45) is 11.1 Å². The zero-order chi connectivity index (χ0) is 24.3. The van der Waals surface area contributed by atoms with Gasteiger partial charge in [0, 0.05) is 50.2 Å². The van der Waals surface area contributed by atoms with E-state index in [1.54, 1.807) is 0 Å². The summed E-state index contributed by atoms with van der Waals surface area (Å²) in [7, 11) is 2.02. The molecule has 180 valence electrons. The molecule has 0 spiro atoms. The van der Waals surface area contributed by atoms with Gasteiger partial charge in [-0.15, -0.1) is 0 Å². The Morgan fingerprint density at radius 3 is 2.55 bits per heavy atom. The van der Waals surface area contributed by atoms with E-state index in [-0.39, 0.29) is 5.41 Å². The van der Waals surface area contributed by atoms with Crippen molar-refractivity contribution < 1.29 is 0 Å². The summed E-state index contributed by atoms with van der Waals surface area (Å²) >= 11 is 0. The summed E-state index contributed by atoms with van der Waals surface area (Å²) in [4.78, 5) is 18.8. The van der Waals surface area contributed by atoms with Crippen LogP contribution in [0.1, 0.15) is 52.2 Å². The number of nitrogens with two attached hydrogens (primary N) is 1. The Kier molecular flexibility index (Phi) is 7.47. The second-order valence-electron chi connectivity index (χ2n) is 10.6. The average Bonchev–Trinajstić information content (AvgIpc) is 3.17. The normalized spacial score (nSPS) is 16.8. The van der Waals surface area contributed by atoms with Crippen LogP contribution in [-0.2, 0) is 0 Å². The SMILES string of the molecule is C=C(N)c1ccc(C)c(Nc2nc(N[C@H]3CCN(C(C)C)C3)nc(N(C)CC(C)(C)C)n2)c1. The fourth-order valence-corrected chi connectivity index (χ4v) is 4.07. The summed E-state index contributed by atoms with van der Waals surface area (Å²) in [5.74, 6) is 1.74. The van der Waals surface area contributed by atoms with E-state index in [4.69, 9.17) is 20.7 Å². The van der Waals surface area contributed by atoms with E-state index in [0.717, 1.165) is 42.9 Å². The minimum Gasteiger partial charge on any atom is -0.399 e. The van der Waals surface area contributed by atoms with Crippen molar-refractivity contribution in [3.8, 4) is 0 Å². The molecule has 1 fully saturated rings. The van der Waals surface area contributed by atoms with Crippen LogP contribution in [0.2, 0.25) is 0 Å². The third kappa shape index (κ3) is 6.81. The molecule has 8 heteroatoms. The molecule has 1 aliphatic rings. The van der Waals surface area contributed by atoms with Crippen LogP contribution in [0.4, 0.5) is 23.5 Å². The van der Waals surface area contributed by atoms with Crippen LogP contribution in [0.15, 0.2) is 24.8 Å². The Balaban J connectivity index is 1.90. The molecule has 4 N–H and O–H groups in total. The highest BCUT2D eigenvalue weighted by Crippen LogP contribution is 2.25. The smallest absolute Gasteiger partial charge is 0.233 e. The van der Waals surface area contributed by atoms with Gasteiger partial charge in [-0.25, -0.2) is 0 Å². The summed E-state index contributed by atoms with van der Waals surface area (Å²) in [5, 5.41) is 6.93. The molecule has 1 aromatic carbocycles. The number of aryl methyl sites for hydroxylation is 1. The molecule has 3 rings (SSSR count). The van der Waals surface area contributed by atoms with Crippen LogP contribution in [0, 0.1) is 12.3 Å². The predicted molar refractivity (Wildman–Crippen MR) is 139 cm³/mol. The van der Waals surface area contributed by atoms with Crippen molar-refractivity contribution in [1.29, 1.82) is 0 Å². The number of anilines is 4. The lowest BCUT2D eigenvalue weighted by Crippen LogP contribution is -2.32. The maximum Gasteiger partial charge on any atom is 0.233 e. The van der Waals surface area contributed by atoms with Crippen LogP contribution in [0.5, 0.6) is 0 Å². The predicted octanol–water partition coefficient (Wildman–Crippen LogP) is 4.23. The van der Waals surface area contributed by atoms with Crippen LogP contribution in [0.25, 0.3) is 5.70 Å². The van der Waals surface area contributed by atoms with Gasteiger partial charge in [-0.05, 0) is 49.8 Å². The fourth-order valence-electron chi connectivity index (χ4n) is 4.07. The zero-order valence-electron chi connectivity index (χ0n) is 21.2. The second kappa shape index (κ2) is 9.95. The lowest BCUT2D eigenvalue weighted by molar-refractivity contribution is 0.274. The Labute approximate surface area is 198 Å². The zero-order valence-corrected chi connectivity index (χ0v) is 21.2. The lowest BCUT2D eigenvalue weighted by atomic mass is 9.96. The van der Waals surface area contributed by atoms with Crippen molar-refractivity contribution in [2.75, 3.05) is 42.2 Å². The van der Waals surface area contributed by atoms with E-state index in [9.17, 15) is 0 Å². The highest BCUT2D eigenvalue weighted by Gasteiger charge is 2.25. The third-order valence-corrected chi connectivity index (χ3v) is 5.81. The average molecular weight is 453 g/mol. The minimum atomic E-state index is 0.109. The van der Waals surface area contributed by atoms with Gasteiger partial charge < -0.3 is 21.3 Å². The number of rotatable bonds is 8. The quantitative estimate of drug-likeness (QED) is 0.548. The van der Waals surface area contributed by atoms with E-state index in [1.807, 2.05) is 32.2 Å². The summed E-state index contributed by atoms with van der Waals surface area (Å²) in [6, 6.07) is 6.81. The van der Waals surface area contributed by atoms with Gasteiger partial charge in [0.05, 0.1) is 0 Å². The molecule has 8 nitrogen and oxygen atoms in total. The fraction of sp³-hybridized carbons (Fsp3) is 0.560. The minimum absolute atomic E-state index is 0.109. The summed E-state index contributed by atoms with van der Waals surface area (Å²) in [6.07, 6.45) is 1.07. The van der Waals surface area contributed by atoms with Gasteiger partial charge in [-0.2, -0.15) is 15.0 Å². The highest BCUT2D eigenvalue weighted by molar-refractivity contribution is 5.69. The summed E-state index contributed by atoms with van der Waals surface area (Å²) in [5.41, 5.74) is 9.39. The maximum absolute atomic E-state index is 5.91. The Bertz CT molecular complexity index is 979. The first-order valence-electron chi connectivity index (χ1n) is 11.7. The third-order valence-electron chi connectivity index (χ3n) is 5.81. The Hall–Kier alpha value is -2.87. The van der Waals surface area contributed by atoms with Crippen LogP contribution >= 0.6 is 0 Å². The number of nitrogens with one attached hydrogen (secondary N) is 2. The topological polar surface area (TPSA) is 95.2 Å². The number of hydrogen-bond donors (Lipinski definition) is 3. The van der Waals surface area contributed by atoms with Crippen molar-refractivity contribution in [3.63, 3.8) is 0 Å². The second-order valence-corrected chi connectivity index (χ2v) is 10.6. The largest absolute Gasteiger partial charge is 0.399 e. The van der Waals surface area contributed by atoms with Gasteiger partial charge in [0.2, 0.25) is 17.8 Å². The molecule has 2 aromatic rings. The number of hydrogen-bond acceptors (Lipinski definition) is 8. The van der Waals surface area contributed by atoms with E-state index in [1.165, 1.54) is 0 Å². The van der Waals surface area contributed by atoms with E-state index < -0.39 is 0 Å². The first-order valence-corrected chi connectivity index (χ1v) is 11.7. The molecular weight excluding hydrogens is 412 g/mol. The number of benzene rings is 1. The van der Waals surface area contributed by atoms with Crippen molar-refractivity contribution >= 4 is 29.2 Å². The summed E-state index contributed by atoms with van der Waals surface area (Å²) in [6.45, 7) is 19.9. The molecule has 1 aromatic heterocycles. The number of likely N-dealkylation sites (tertiary alicyclic amines) is 1. The van der Waals surface area contributed by atoms with E-state index in [0.29, 0.717) is 35.6 Å². The first-order chi connectivity index (χ1) is 15.4. The van der Waals surface area contributed by atoms with Crippen molar-refractivity contribution in [2.45, 2.75) is 60.0 Å². The van der Waals surface area contributed by atoms with Crippen molar-refractivity contribution in [1.82, 2.24) is 19.9 Å². The van der Waals surface area contributed by atoms with Gasteiger partial charge in [-0.1, -0.05) is 39.5 Å². The molecule has 1 atom stereocenters. The van der Waals surface area contributed by atoms with Crippen LogP contribution in [-0.4, -0.2) is 58.6 Å². The molecule has 0 amide bonds. The first kappa shape index (κ1) is 24.8. The molecule has 0 aliphatic carbocycles.